The van der Waals surface area contributed by atoms with E-state index in [9.17, 15) is 9.18 Å². The summed E-state index contributed by atoms with van der Waals surface area (Å²) in [4.78, 5) is 11.8. The normalized spacial score (nSPS) is 10.5. The van der Waals surface area contributed by atoms with Crippen molar-refractivity contribution in [3.8, 4) is 11.5 Å². The van der Waals surface area contributed by atoms with Gasteiger partial charge in [-0.3, -0.25) is 4.79 Å². The van der Waals surface area contributed by atoms with Crippen LogP contribution < -0.4 is 14.8 Å². The summed E-state index contributed by atoms with van der Waals surface area (Å²) in [6.07, 6.45) is 2.92. The van der Waals surface area contributed by atoms with E-state index in [0.29, 0.717) is 11.5 Å². The zero-order valence-electron chi connectivity index (χ0n) is 12.3. The molecule has 0 bridgehead atoms. The zero-order chi connectivity index (χ0) is 15.9. The van der Waals surface area contributed by atoms with E-state index in [-0.39, 0.29) is 5.69 Å². The largest absolute Gasteiger partial charge is 0.497 e. The molecular weight excluding hydrogens is 285 g/mol. The summed E-state index contributed by atoms with van der Waals surface area (Å²) in [6, 6.07) is 11.2. The van der Waals surface area contributed by atoms with E-state index in [1.165, 1.54) is 18.2 Å². The van der Waals surface area contributed by atoms with Crippen LogP contribution in [0.3, 0.4) is 0 Å². The van der Waals surface area contributed by atoms with Crippen LogP contribution in [0, 0.1) is 5.82 Å². The molecule has 2 rings (SSSR count). The fraction of sp³-hybridized carbons (Fsp3) is 0.118. The lowest BCUT2D eigenvalue weighted by molar-refractivity contribution is -0.111. The molecule has 1 N–H and O–H groups in total. The lowest BCUT2D eigenvalue weighted by Crippen LogP contribution is -2.09. The number of ether oxygens (including phenoxy) is 2. The van der Waals surface area contributed by atoms with Gasteiger partial charge in [-0.2, -0.15) is 0 Å². The van der Waals surface area contributed by atoms with Crippen molar-refractivity contribution in [1.29, 1.82) is 0 Å². The quantitative estimate of drug-likeness (QED) is 0.860. The molecule has 0 heterocycles. The summed E-state index contributed by atoms with van der Waals surface area (Å²) in [5.41, 5.74) is 0.875. The molecule has 0 aromatic heterocycles. The lowest BCUT2D eigenvalue weighted by Gasteiger charge is -2.06. The van der Waals surface area contributed by atoms with Gasteiger partial charge in [-0.25, -0.2) is 4.39 Å². The molecule has 0 saturated carbocycles. The Morgan fingerprint density at radius 2 is 1.73 bits per heavy atom. The third kappa shape index (κ3) is 4.09. The van der Waals surface area contributed by atoms with Crippen LogP contribution >= 0.6 is 0 Å². The molecule has 1 amide bonds. The first-order valence-electron chi connectivity index (χ1n) is 6.59. The smallest absolute Gasteiger partial charge is 0.248 e. The number of nitrogens with one attached hydrogen (secondary N) is 1. The van der Waals surface area contributed by atoms with E-state index in [0.717, 1.165) is 5.56 Å². The molecular formula is C17H16FNO3. The first kappa shape index (κ1) is 15.6. The van der Waals surface area contributed by atoms with Gasteiger partial charge in [0.05, 0.1) is 19.9 Å². The predicted octanol–water partition coefficient (Wildman–Crippen LogP) is 3.49. The van der Waals surface area contributed by atoms with Crippen molar-refractivity contribution in [3.05, 3.63) is 59.9 Å². The van der Waals surface area contributed by atoms with Crippen molar-refractivity contribution >= 4 is 17.7 Å². The molecule has 0 aliphatic carbocycles. The van der Waals surface area contributed by atoms with Crippen molar-refractivity contribution in [2.24, 2.45) is 0 Å². The summed E-state index contributed by atoms with van der Waals surface area (Å²) < 4.78 is 23.7. The molecule has 2 aromatic carbocycles. The Labute approximate surface area is 128 Å². The molecule has 0 unspecified atom stereocenters. The number of anilines is 1. The Kier molecular flexibility index (Phi) is 5.14. The predicted molar refractivity (Wildman–Crippen MR) is 83.6 cm³/mol. The van der Waals surface area contributed by atoms with Crippen LogP contribution in [0.4, 0.5) is 10.1 Å². The first-order valence-corrected chi connectivity index (χ1v) is 6.59. The number of methoxy groups -OCH3 is 2. The molecule has 4 nitrogen and oxygen atoms in total. The van der Waals surface area contributed by atoms with Gasteiger partial charge in [-0.15, -0.1) is 0 Å². The maximum atomic E-state index is 13.4. The maximum Gasteiger partial charge on any atom is 0.248 e. The van der Waals surface area contributed by atoms with Crippen molar-refractivity contribution in [2.75, 3.05) is 19.5 Å². The summed E-state index contributed by atoms with van der Waals surface area (Å²) >= 11 is 0. The molecule has 0 aliphatic rings. The van der Waals surface area contributed by atoms with Crippen molar-refractivity contribution < 1.29 is 18.7 Å². The van der Waals surface area contributed by atoms with Crippen molar-refractivity contribution in [1.82, 2.24) is 0 Å². The van der Waals surface area contributed by atoms with E-state index >= 15 is 0 Å². The van der Waals surface area contributed by atoms with Gasteiger partial charge in [0.25, 0.3) is 0 Å². The molecule has 0 radical (unpaired) electrons. The Hall–Kier alpha value is -2.82. The van der Waals surface area contributed by atoms with Crippen LogP contribution in [0.2, 0.25) is 0 Å². The minimum Gasteiger partial charge on any atom is -0.497 e. The fourth-order valence-electron chi connectivity index (χ4n) is 1.83. The van der Waals surface area contributed by atoms with Crippen LogP contribution in [-0.2, 0) is 4.79 Å². The average molecular weight is 301 g/mol. The molecule has 0 atom stereocenters. The SMILES string of the molecule is COc1cc(C=CC(=O)Nc2ccccc2F)cc(OC)c1. The summed E-state index contributed by atoms with van der Waals surface area (Å²) in [5, 5.41) is 2.47. The Morgan fingerprint density at radius 3 is 2.32 bits per heavy atom. The van der Waals surface area contributed by atoms with Crippen LogP contribution in [0.15, 0.2) is 48.5 Å². The van der Waals surface area contributed by atoms with Crippen molar-refractivity contribution in [2.45, 2.75) is 0 Å². The number of halogens is 1. The molecule has 2 aromatic rings. The summed E-state index contributed by atoms with van der Waals surface area (Å²) in [5.74, 6) is 0.334. The molecule has 114 valence electrons. The molecule has 0 fully saturated rings. The van der Waals surface area contributed by atoms with E-state index in [1.54, 1.807) is 50.6 Å². The maximum absolute atomic E-state index is 13.4. The summed E-state index contributed by atoms with van der Waals surface area (Å²) in [7, 11) is 3.10. The Balaban J connectivity index is 2.11. The standard InChI is InChI=1S/C17H16FNO3/c1-21-13-9-12(10-14(11-13)22-2)7-8-17(20)19-16-6-4-3-5-15(16)18/h3-11H,1-2H3,(H,19,20). The number of carbonyl (C=O) groups excluding carboxylic acids is 1. The van der Waals surface area contributed by atoms with Gasteiger partial charge in [-0.1, -0.05) is 12.1 Å². The minimum absolute atomic E-state index is 0.139. The fourth-order valence-corrected chi connectivity index (χ4v) is 1.83. The van der Waals surface area contributed by atoms with Crippen LogP contribution in [0.1, 0.15) is 5.56 Å². The Bertz CT molecular complexity index is 676. The number of para-hydroxylation sites is 1. The van der Waals surface area contributed by atoms with E-state index < -0.39 is 11.7 Å². The van der Waals surface area contributed by atoms with E-state index in [2.05, 4.69) is 5.32 Å². The van der Waals surface area contributed by atoms with E-state index in [1.807, 2.05) is 0 Å². The highest BCUT2D eigenvalue weighted by Crippen LogP contribution is 2.23. The minimum atomic E-state index is -0.479. The van der Waals surface area contributed by atoms with Gasteiger partial charge >= 0.3 is 0 Å². The molecule has 5 heteroatoms. The van der Waals surface area contributed by atoms with Crippen LogP contribution in [-0.4, -0.2) is 20.1 Å². The van der Waals surface area contributed by atoms with E-state index in [4.69, 9.17) is 9.47 Å². The average Bonchev–Trinajstić information content (AvgIpc) is 2.54. The second-order valence-corrected chi connectivity index (χ2v) is 4.45. The monoisotopic (exact) mass is 301 g/mol. The van der Waals surface area contributed by atoms with Crippen molar-refractivity contribution in [3.63, 3.8) is 0 Å². The lowest BCUT2D eigenvalue weighted by atomic mass is 10.2. The van der Waals surface area contributed by atoms with Gasteiger partial charge in [0.2, 0.25) is 5.91 Å². The highest BCUT2D eigenvalue weighted by atomic mass is 19.1. The number of benzene rings is 2. The van der Waals surface area contributed by atoms with Gasteiger partial charge < -0.3 is 14.8 Å². The summed E-state index contributed by atoms with van der Waals surface area (Å²) in [6.45, 7) is 0. The molecule has 0 aliphatic heterocycles. The highest BCUT2D eigenvalue weighted by molar-refractivity contribution is 6.02. The molecule has 0 saturated heterocycles. The van der Waals surface area contributed by atoms with Gasteiger partial charge in [-0.05, 0) is 35.9 Å². The zero-order valence-corrected chi connectivity index (χ0v) is 12.3. The highest BCUT2D eigenvalue weighted by Gasteiger charge is 2.04. The number of carbonyl (C=O) groups is 1. The van der Waals surface area contributed by atoms with Gasteiger partial charge in [0, 0.05) is 12.1 Å². The second kappa shape index (κ2) is 7.26. The van der Waals surface area contributed by atoms with Crippen LogP contribution in [0.5, 0.6) is 11.5 Å². The third-order valence-corrected chi connectivity index (χ3v) is 2.93. The third-order valence-electron chi connectivity index (χ3n) is 2.93. The second-order valence-electron chi connectivity index (χ2n) is 4.45. The number of rotatable bonds is 5. The van der Waals surface area contributed by atoms with Gasteiger partial charge in [0.1, 0.15) is 17.3 Å². The number of hydrogen-bond donors (Lipinski definition) is 1. The number of amides is 1. The molecule has 0 spiro atoms. The topological polar surface area (TPSA) is 47.6 Å². The Morgan fingerprint density at radius 1 is 1.09 bits per heavy atom. The van der Waals surface area contributed by atoms with Gasteiger partial charge in [0.15, 0.2) is 0 Å². The van der Waals surface area contributed by atoms with Crippen LogP contribution in [0.25, 0.3) is 6.08 Å². The first-order chi connectivity index (χ1) is 10.6. The molecule has 22 heavy (non-hydrogen) atoms. The number of hydrogen-bond acceptors (Lipinski definition) is 3.